The number of aromatic nitrogens is 1. The summed E-state index contributed by atoms with van der Waals surface area (Å²) in [5, 5.41) is 19.0. The number of anilines is 1. The van der Waals surface area contributed by atoms with Crippen molar-refractivity contribution in [3.05, 3.63) is 45.5 Å². The van der Waals surface area contributed by atoms with E-state index >= 15 is 0 Å². The predicted molar refractivity (Wildman–Crippen MR) is 102 cm³/mol. The van der Waals surface area contributed by atoms with E-state index in [2.05, 4.69) is 4.98 Å². The molecule has 1 saturated heterocycles. The van der Waals surface area contributed by atoms with Crippen LogP contribution in [0.25, 0.3) is 11.1 Å². The van der Waals surface area contributed by atoms with E-state index in [1.165, 1.54) is 12.1 Å². The molecule has 1 aromatic carbocycles. The van der Waals surface area contributed by atoms with Gasteiger partial charge in [-0.05, 0) is 39.2 Å². The van der Waals surface area contributed by atoms with Crippen LogP contribution >= 0.6 is 0 Å². The average Bonchev–Trinajstić information content (AvgIpc) is 2.82. The molecule has 1 aliphatic rings. The average molecular weight is 380 g/mol. The van der Waals surface area contributed by atoms with Crippen molar-refractivity contribution in [2.75, 3.05) is 5.73 Å². The van der Waals surface area contributed by atoms with Crippen LogP contribution in [-0.4, -0.2) is 23.3 Å². The fraction of sp³-hybridized carbons (Fsp3) is 0.316. The number of hydrogen-bond acceptors (Lipinski definition) is 6. The SMILES string of the molecule is CC1(C)OB(c2cccc(F)c2-c2c(C#N)c(N)[nH]c(=O)c2C#N)OC1(C)C. The van der Waals surface area contributed by atoms with Gasteiger partial charge in [0.15, 0.2) is 0 Å². The molecule has 9 heteroatoms. The maximum Gasteiger partial charge on any atom is 0.495 e. The van der Waals surface area contributed by atoms with Gasteiger partial charge in [0.2, 0.25) is 0 Å². The molecule has 2 aromatic rings. The molecule has 3 rings (SSSR count). The molecule has 0 bridgehead atoms. The number of nitrogens with zero attached hydrogens (tertiary/aromatic N) is 2. The monoisotopic (exact) mass is 380 g/mol. The Balaban J connectivity index is 2.35. The van der Waals surface area contributed by atoms with Crippen LogP contribution in [0, 0.1) is 28.5 Å². The van der Waals surface area contributed by atoms with Gasteiger partial charge in [0.05, 0.1) is 11.2 Å². The van der Waals surface area contributed by atoms with Crippen LogP contribution in [0.3, 0.4) is 0 Å². The third-order valence-corrected chi connectivity index (χ3v) is 5.27. The first-order valence-corrected chi connectivity index (χ1v) is 8.54. The van der Waals surface area contributed by atoms with Crippen molar-refractivity contribution in [3.63, 3.8) is 0 Å². The molecule has 1 fully saturated rings. The van der Waals surface area contributed by atoms with Gasteiger partial charge in [-0.15, -0.1) is 0 Å². The molecule has 0 atom stereocenters. The molecule has 1 aromatic heterocycles. The van der Waals surface area contributed by atoms with Crippen LogP contribution in [-0.2, 0) is 9.31 Å². The lowest BCUT2D eigenvalue weighted by Crippen LogP contribution is -2.41. The number of rotatable bonds is 2. The van der Waals surface area contributed by atoms with E-state index in [1.807, 2.05) is 33.8 Å². The molecule has 7 nitrogen and oxygen atoms in total. The zero-order valence-corrected chi connectivity index (χ0v) is 15.9. The van der Waals surface area contributed by atoms with E-state index < -0.39 is 35.3 Å². The largest absolute Gasteiger partial charge is 0.495 e. The number of nitrogens with two attached hydrogens (primary N) is 1. The second-order valence-electron chi connectivity index (χ2n) is 7.51. The molecule has 0 unspecified atom stereocenters. The zero-order valence-electron chi connectivity index (χ0n) is 15.9. The number of halogens is 1. The minimum absolute atomic E-state index is 0.119. The van der Waals surface area contributed by atoms with Gasteiger partial charge in [0.1, 0.15) is 34.9 Å². The Labute approximate surface area is 161 Å². The van der Waals surface area contributed by atoms with E-state index in [0.717, 1.165) is 0 Å². The third kappa shape index (κ3) is 2.86. The Kier molecular flexibility index (Phi) is 4.54. The maximum absolute atomic E-state index is 15.0. The lowest BCUT2D eigenvalue weighted by molar-refractivity contribution is 0.00578. The summed E-state index contributed by atoms with van der Waals surface area (Å²) in [4.78, 5) is 14.5. The molecule has 0 aliphatic carbocycles. The van der Waals surface area contributed by atoms with Gasteiger partial charge in [-0.2, -0.15) is 10.5 Å². The summed E-state index contributed by atoms with van der Waals surface area (Å²) in [6.07, 6.45) is 0. The standard InChI is InChI=1S/C19H18BFN4O3/c1-18(2)19(3,4)28-20(27-18)12-6-5-7-13(21)15(12)14-10(8-22)16(24)25-17(26)11(14)9-23/h5-7H,1-4H3,(H3,24,25,26). The van der Waals surface area contributed by atoms with Crippen molar-refractivity contribution >= 4 is 18.4 Å². The normalized spacial score (nSPS) is 17.2. The topological polar surface area (TPSA) is 125 Å². The van der Waals surface area contributed by atoms with Crippen molar-refractivity contribution in [3.8, 4) is 23.3 Å². The van der Waals surface area contributed by atoms with Gasteiger partial charge >= 0.3 is 7.12 Å². The van der Waals surface area contributed by atoms with Gasteiger partial charge in [-0.25, -0.2) is 4.39 Å². The molecule has 0 amide bonds. The summed E-state index contributed by atoms with van der Waals surface area (Å²) in [7, 11) is -0.964. The number of pyridine rings is 1. The van der Waals surface area contributed by atoms with Crippen LogP contribution in [0.15, 0.2) is 23.0 Å². The zero-order chi connectivity index (χ0) is 20.9. The Morgan fingerprint density at radius 3 is 2.18 bits per heavy atom. The Morgan fingerprint density at radius 1 is 1.07 bits per heavy atom. The van der Waals surface area contributed by atoms with Gasteiger partial charge < -0.3 is 20.0 Å². The summed E-state index contributed by atoms with van der Waals surface area (Å²) >= 11 is 0. The van der Waals surface area contributed by atoms with E-state index in [4.69, 9.17) is 15.0 Å². The minimum atomic E-state index is -0.964. The first-order chi connectivity index (χ1) is 13.0. The first kappa shape index (κ1) is 19.6. The number of nitrogen functional groups attached to an aromatic ring is 1. The summed E-state index contributed by atoms with van der Waals surface area (Å²) in [6.45, 7) is 7.38. The first-order valence-electron chi connectivity index (χ1n) is 8.54. The fourth-order valence-electron chi connectivity index (χ4n) is 3.06. The molecule has 0 spiro atoms. The number of nitriles is 2. The van der Waals surface area contributed by atoms with Gasteiger partial charge in [0, 0.05) is 11.1 Å². The highest BCUT2D eigenvalue weighted by Crippen LogP contribution is 2.38. The molecule has 142 valence electrons. The third-order valence-electron chi connectivity index (χ3n) is 5.27. The van der Waals surface area contributed by atoms with Gasteiger partial charge in [-0.3, -0.25) is 4.79 Å². The smallest absolute Gasteiger partial charge is 0.399 e. The second kappa shape index (κ2) is 6.48. The van der Waals surface area contributed by atoms with E-state index in [-0.39, 0.29) is 28.0 Å². The quantitative estimate of drug-likeness (QED) is 0.766. The molecule has 0 saturated carbocycles. The lowest BCUT2D eigenvalue weighted by Gasteiger charge is -2.32. The Bertz CT molecular complexity index is 1100. The molecular formula is C19H18BFN4O3. The molecule has 0 radical (unpaired) electrons. The summed E-state index contributed by atoms with van der Waals surface area (Å²) in [6, 6.07) is 7.80. The number of benzene rings is 1. The number of nitrogens with one attached hydrogen (secondary N) is 1. The molecule has 3 N–H and O–H groups in total. The number of aromatic amines is 1. The summed E-state index contributed by atoms with van der Waals surface area (Å²) in [5.74, 6) is -0.977. The Morgan fingerprint density at radius 2 is 1.64 bits per heavy atom. The fourth-order valence-corrected chi connectivity index (χ4v) is 3.06. The maximum atomic E-state index is 15.0. The van der Waals surface area contributed by atoms with E-state index in [9.17, 15) is 19.7 Å². The molecule has 2 heterocycles. The van der Waals surface area contributed by atoms with Crippen LogP contribution < -0.4 is 16.8 Å². The summed E-state index contributed by atoms with van der Waals surface area (Å²) < 4.78 is 27.0. The van der Waals surface area contributed by atoms with Crippen molar-refractivity contribution in [1.29, 1.82) is 10.5 Å². The van der Waals surface area contributed by atoms with Crippen molar-refractivity contribution in [2.45, 2.75) is 38.9 Å². The van der Waals surface area contributed by atoms with Crippen LogP contribution in [0.4, 0.5) is 10.2 Å². The highest BCUT2D eigenvalue weighted by atomic mass is 19.1. The van der Waals surface area contributed by atoms with Crippen molar-refractivity contribution < 1.29 is 13.7 Å². The lowest BCUT2D eigenvalue weighted by atomic mass is 9.73. The molecule has 28 heavy (non-hydrogen) atoms. The predicted octanol–water partition coefficient (Wildman–Crippen LogP) is 1.81. The second-order valence-corrected chi connectivity index (χ2v) is 7.51. The van der Waals surface area contributed by atoms with Crippen LogP contribution in [0.2, 0.25) is 0 Å². The van der Waals surface area contributed by atoms with Gasteiger partial charge in [-0.1, -0.05) is 12.1 Å². The van der Waals surface area contributed by atoms with Crippen molar-refractivity contribution in [2.24, 2.45) is 0 Å². The molecular weight excluding hydrogens is 362 g/mol. The van der Waals surface area contributed by atoms with Crippen LogP contribution in [0.1, 0.15) is 38.8 Å². The Hall–Kier alpha value is -3.14. The van der Waals surface area contributed by atoms with E-state index in [1.54, 1.807) is 12.1 Å². The highest BCUT2D eigenvalue weighted by molar-refractivity contribution is 6.64. The number of H-pyrrole nitrogens is 1. The highest BCUT2D eigenvalue weighted by Gasteiger charge is 2.52. The molecule has 1 aliphatic heterocycles. The van der Waals surface area contributed by atoms with Crippen LogP contribution in [0.5, 0.6) is 0 Å². The van der Waals surface area contributed by atoms with E-state index in [0.29, 0.717) is 0 Å². The number of hydrogen-bond donors (Lipinski definition) is 2. The summed E-state index contributed by atoms with van der Waals surface area (Å²) in [5.41, 5.74) is 2.94. The van der Waals surface area contributed by atoms with Gasteiger partial charge in [0.25, 0.3) is 5.56 Å². The minimum Gasteiger partial charge on any atom is -0.399 e. The van der Waals surface area contributed by atoms with Crippen molar-refractivity contribution in [1.82, 2.24) is 4.98 Å².